The second-order valence-corrected chi connectivity index (χ2v) is 4.87. The fraction of sp³-hybridized carbons (Fsp3) is 0.600. The second-order valence-electron chi connectivity index (χ2n) is 4.87. The SMILES string of the molecule is CCNC(CO)(CN(C)CCOC)c1ccccc1. The van der Waals surface area contributed by atoms with Gasteiger partial charge in [-0.15, -0.1) is 0 Å². The van der Waals surface area contributed by atoms with E-state index in [4.69, 9.17) is 4.74 Å². The quantitative estimate of drug-likeness (QED) is 0.701. The number of ether oxygens (including phenoxy) is 1. The van der Waals surface area contributed by atoms with Crippen LogP contribution >= 0.6 is 0 Å². The average Bonchev–Trinajstić information content (AvgIpc) is 2.45. The third-order valence-electron chi connectivity index (χ3n) is 3.33. The molecular formula is C15H26N2O2. The van der Waals surface area contributed by atoms with Gasteiger partial charge in [-0.25, -0.2) is 0 Å². The molecule has 0 heterocycles. The molecular weight excluding hydrogens is 240 g/mol. The molecule has 1 rings (SSSR count). The van der Waals surface area contributed by atoms with Crippen molar-refractivity contribution < 1.29 is 9.84 Å². The van der Waals surface area contributed by atoms with Crippen LogP contribution in [0.3, 0.4) is 0 Å². The van der Waals surface area contributed by atoms with E-state index in [-0.39, 0.29) is 6.61 Å². The number of aliphatic hydroxyl groups excluding tert-OH is 1. The van der Waals surface area contributed by atoms with Gasteiger partial charge >= 0.3 is 0 Å². The maximum atomic E-state index is 9.91. The first-order chi connectivity index (χ1) is 9.18. The summed E-state index contributed by atoms with van der Waals surface area (Å²) in [5.41, 5.74) is 0.696. The first-order valence-electron chi connectivity index (χ1n) is 6.77. The van der Waals surface area contributed by atoms with Crippen molar-refractivity contribution in [2.75, 3.05) is 47.0 Å². The Labute approximate surface area is 116 Å². The molecule has 0 aliphatic carbocycles. The molecule has 0 amide bonds. The van der Waals surface area contributed by atoms with Gasteiger partial charge in [0.05, 0.1) is 18.8 Å². The molecule has 108 valence electrons. The lowest BCUT2D eigenvalue weighted by Crippen LogP contribution is -2.53. The van der Waals surface area contributed by atoms with Crippen molar-refractivity contribution in [2.45, 2.75) is 12.5 Å². The van der Waals surface area contributed by atoms with Crippen LogP contribution in [0.5, 0.6) is 0 Å². The maximum Gasteiger partial charge on any atom is 0.0797 e. The van der Waals surface area contributed by atoms with Crippen LogP contribution in [-0.2, 0) is 10.3 Å². The van der Waals surface area contributed by atoms with Crippen molar-refractivity contribution in [3.05, 3.63) is 35.9 Å². The van der Waals surface area contributed by atoms with Crippen LogP contribution < -0.4 is 5.32 Å². The Morgan fingerprint density at radius 3 is 2.53 bits per heavy atom. The minimum Gasteiger partial charge on any atom is -0.394 e. The van der Waals surface area contributed by atoms with Crippen molar-refractivity contribution in [1.82, 2.24) is 10.2 Å². The molecule has 0 spiro atoms. The Morgan fingerprint density at radius 1 is 1.32 bits per heavy atom. The monoisotopic (exact) mass is 266 g/mol. The Bertz CT molecular complexity index is 345. The summed E-state index contributed by atoms with van der Waals surface area (Å²) in [6, 6.07) is 10.1. The third kappa shape index (κ3) is 4.58. The molecule has 0 radical (unpaired) electrons. The number of rotatable bonds is 9. The molecule has 1 aromatic rings. The highest BCUT2D eigenvalue weighted by atomic mass is 16.5. The fourth-order valence-electron chi connectivity index (χ4n) is 2.33. The summed E-state index contributed by atoms with van der Waals surface area (Å²) in [4.78, 5) is 2.18. The number of benzene rings is 1. The highest BCUT2D eigenvalue weighted by Crippen LogP contribution is 2.21. The summed E-state index contributed by atoms with van der Waals surface area (Å²) in [6.45, 7) is 5.22. The van der Waals surface area contributed by atoms with E-state index in [2.05, 4.69) is 29.3 Å². The van der Waals surface area contributed by atoms with Gasteiger partial charge in [0.25, 0.3) is 0 Å². The number of hydrogen-bond acceptors (Lipinski definition) is 4. The zero-order valence-electron chi connectivity index (χ0n) is 12.2. The molecule has 4 heteroatoms. The molecule has 0 aliphatic heterocycles. The largest absolute Gasteiger partial charge is 0.394 e. The van der Waals surface area contributed by atoms with Gasteiger partial charge in [-0.1, -0.05) is 37.3 Å². The zero-order valence-corrected chi connectivity index (χ0v) is 12.2. The van der Waals surface area contributed by atoms with Crippen molar-refractivity contribution in [3.63, 3.8) is 0 Å². The van der Waals surface area contributed by atoms with Gasteiger partial charge in [-0.2, -0.15) is 0 Å². The Morgan fingerprint density at radius 2 is 2.00 bits per heavy atom. The molecule has 4 nitrogen and oxygen atoms in total. The summed E-state index contributed by atoms with van der Waals surface area (Å²) in [5.74, 6) is 0. The van der Waals surface area contributed by atoms with E-state index in [1.165, 1.54) is 0 Å². The number of methoxy groups -OCH3 is 1. The van der Waals surface area contributed by atoms with Crippen LogP contribution in [0.25, 0.3) is 0 Å². The minimum absolute atomic E-state index is 0.0716. The van der Waals surface area contributed by atoms with E-state index in [1.54, 1.807) is 7.11 Å². The third-order valence-corrected chi connectivity index (χ3v) is 3.33. The van der Waals surface area contributed by atoms with E-state index in [0.29, 0.717) is 6.61 Å². The van der Waals surface area contributed by atoms with Crippen molar-refractivity contribution >= 4 is 0 Å². The first kappa shape index (κ1) is 16.1. The predicted molar refractivity (Wildman–Crippen MR) is 78.3 cm³/mol. The van der Waals surface area contributed by atoms with Gasteiger partial charge in [0.15, 0.2) is 0 Å². The zero-order chi connectivity index (χ0) is 14.1. The summed E-state index contributed by atoms with van der Waals surface area (Å²) >= 11 is 0. The van der Waals surface area contributed by atoms with Gasteiger partial charge in [-0.05, 0) is 19.2 Å². The second kappa shape index (κ2) is 8.27. The number of nitrogens with one attached hydrogen (secondary N) is 1. The van der Waals surface area contributed by atoms with Gasteiger partial charge in [0.1, 0.15) is 0 Å². The molecule has 0 fully saturated rings. The number of nitrogens with zero attached hydrogens (tertiary/aromatic N) is 1. The van der Waals surface area contributed by atoms with E-state index >= 15 is 0 Å². The molecule has 0 saturated heterocycles. The summed E-state index contributed by atoms with van der Waals surface area (Å²) < 4.78 is 5.10. The van der Waals surface area contributed by atoms with Crippen LogP contribution in [0.4, 0.5) is 0 Å². The Hall–Kier alpha value is -0.940. The molecule has 2 N–H and O–H groups in total. The molecule has 1 atom stereocenters. The van der Waals surface area contributed by atoms with Crippen LogP contribution in [0, 0.1) is 0 Å². The predicted octanol–water partition coefficient (Wildman–Crippen LogP) is 1.06. The summed E-state index contributed by atoms with van der Waals surface area (Å²) in [7, 11) is 3.75. The van der Waals surface area contributed by atoms with Gasteiger partial charge in [0.2, 0.25) is 0 Å². The number of likely N-dealkylation sites (N-methyl/N-ethyl adjacent to an activating group) is 2. The van der Waals surface area contributed by atoms with Crippen LogP contribution in [0.1, 0.15) is 12.5 Å². The fourth-order valence-corrected chi connectivity index (χ4v) is 2.33. The lowest BCUT2D eigenvalue weighted by Gasteiger charge is -2.37. The van der Waals surface area contributed by atoms with E-state index in [0.717, 1.165) is 25.2 Å². The van der Waals surface area contributed by atoms with Crippen LogP contribution in [0.15, 0.2) is 30.3 Å². The smallest absolute Gasteiger partial charge is 0.0797 e. The standard InChI is InChI=1S/C15H26N2O2/c1-4-16-15(13-18,12-17(2)10-11-19-3)14-8-6-5-7-9-14/h5-9,16,18H,4,10-13H2,1-3H3. The Balaban J connectivity index is 2.86. The molecule has 1 aromatic carbocycles. The van der Waals surface area contributed by atoms with Gasteiger partial charge in [-0.3, -0.25) is 0 Å². The molecule has 0 aliphatic rings. The average molecular weight is 266 g/mol. The normalized spacial score (nSPS) is 14.6. The van der Waals surface area contributed by atoms with E-state index < -0.39 is 5.54 Å². The number of aliphatic hydroxyl groups is 1. The lowest BCUT2D eigenvalue weighted by atomic mass is 9.90. The van der Waals surface area contributed by atoms with Crippen LogP contribution in [0.2, 0.25) is 0 Å². The summed E-state index contributed by atoms with van der Waals surface area (Å²) in [5, 5.41) is 13.4. The molecule has 0 bridgehead atoms. The lowest BCUT2D eigenvalue weighted by molar-refractivity contribution is 0.0994. The molecule has 0 aromatic heterocycles. The highest BCUT2D eigenvalue weighted by Gasteiger charge is 2.31. The van der Waals surface area contributed by atoms with Crippen molar-refractivity contribution in [3.8, 4) is 0 Å². The van der Waals surface area contributed by atoms with Gasteiger partial charge in [0, 0.05) is 20.2 Å². The van der Waals surface area contributed by atoms with Crippen molar-refractivity contribution in [2.24, 2.45) is 0 Å². The topological polar surface area (TPSA) is 44.7 Å². The van der Waals surface area contributed by atoms with E-state index in [1.807, 2.05) is 25.2 Å². The van der Waals surface area contributed by atoms with E-state index in [9.17, 15) is 5.11 Å². The minimum atomic E-state index is -0.418. The molecule has 0 saturated carbocycles. The summed E-state index contributed by atoms with van der Waals surface area (Å²) in [6.07, 6.45) is 0. The van der Waals surface area contributed by atoms with Crippen LogP contribution in [-0.4, -0.2) is 57.0 Å². The first-order valence-corrected chi connectivity index (χ1v) is 6.77. The van der Waals surface area contributed by atoms with Crippen molar-refractivity contribution in [1.29, 1.82) is 0 Å². The molecule has 19 heavy (non-hydrogen) atoms. The molecule has 1 unspecified atom stereocenters. The Kier molecular flexibility index (Phi) is 7.02. The maximum absolute atomic E-state index is 9.91. The van der Waals surface area contributed by atoms with Gasteiger partial charge < -0.3 is 20.1 Å². The highest BCUT2D eigenvalue weighted by molar-refractivity contribution is 5.25. The number of hydrogen-bond donors (Lipinski definition) is 2.